The van der Waals surface area contributed by atoms with Gasteiger partial charge in [-0.25, -0.2) is 4.68 Å². The smallest absolute Gasteiger partial charge is 0.286 e. The first kappa shape index (κ1) is 14.9. The topological polar surface area (TPSA) is 118 Å². The van der Waals surface area contributed by atoms with E-state index in [2.05, 4.69) is 47.3 Å². The van der Waals surface area contributed by atoms with Crippen LogP contribution in [0.1, 0.15) is 20.8 Å². The number of carbonyl (C=O) groups excluding carboxylic acids is 2. The third kappa shape index (κ3) is 3.43. The van der Waals surface area contributed by atoms with Crippen LogP contribution < -0.4 is 10.9 Å². The largest absolute Gasteiger partial charge is 0.356 e. The first-order valence-electron chi connectivity index (χ1n) is 6.41. The van der Waals surface area contributed by atoms with Crippen molar-refractivity contribution in [1.29, 1.82) is 0 Å². The van der Waals surface area contributed by atoms with Crippen LogP contribution in [0.5, 0.6) is 0 Å². The molecule has 3 rings (SSSR count). The Balaban J connectivity index is 1.67. The zero-order chi connectivity index (χ0) is 16.2. The lowest BCUT2D eigenvalue weighted by Crippen LogP contribution is -2.41. The Hall–Kier alpha value is -3.01. The fourth-order valence-corrected chi connectivity index (χ4v) is 2.16. The number of benzene rings is 1. The molecule has 0 saturated carbocycles. The van der Waals surface area contributed by atoms with E-state index in [4.69, 9.17) is 0 Å². The van der Waals surface area contributed by atoms with E-state index in [9.17, 15) is 9.59 Å². The summed E-state index contributed by atoms with van der Waals surface area (Å²) in [6.45, 7) is 0. The Labute approximate surface area is 138 Å². The molecule has 0 aliphatic rings. The average molecular weight is 376 g/mol. The maximum atomic E-state index is 12.1. The number of halogens is 1. The van der Waals surface area contributed by atoms with Crippen molar-refractivity contribution in [2.45, 2.75) is 0 Å². The number of hydrazine groups is 1. The molecule has 3 aromatic rings. The van der Waals surface area contributed by atoms with Crippen molar-refractivity contribution in [2.24, 2.45) is 0 Å². The first-order valence-corrected chi connectivity index (χ1v) is 7.21. The van der Waals surface area contributed by atoms with Crippen LogP contribution in [-0.4, -0.2) is 37.0 Å². The lowest BCUT2D eigenvalue weighted by Gasteiger charge is -2.07. The number of aromatic amines is 1. The zero-order valence-electron chi connectivity index (χ0n) is 11.5. The fourth-order valence-electron chi connectivity index (χ4n) is 1.82. The van der Waals surface area contributed by atoms with Crippen molar-refractivity contribution in [3.05, 3.63) is 58.6 Å². The van der Waals surface area contributed by atoms with Crippen molar-refractivity contribution in [1.82, 2.24) is 36.0 Å². The molecule has 0 spiro atoms. The Morgan fingerprint density at radius 2 is 2.00 bits per heavy atom. The maximum absolute atomic E-state index is 12.1. The second-order valence-corrected chi connectivity index (χ2v) is 5.36. The Bertz CT molecular complexity index is 844. The zero-order valence-corrected chi connectivity index (χ0v) is 13.1. The summed E-state index contributed by atoms with van der Waals surface area (Å²) in [6.07, 6.45) is 3.04. The van der Waals surface area contributed by atoms with Crippen LogP contribution in [0.25, 0.3) is 5.69 Å². The molecule has 0 aliphatic carbocycles. The van der Waals surface area contributed by atoms with Crippen LogP contribution in [0.2, 0.25) is 0 Å². The van der Waals surface area contributed by atoms with Gasteiger partial charge in [-0.1, -0.05) is 6.07 Å². The van der Waals surface area contributed by atoms with Crippen LogP contribution in [0, 0.1) is 0 Å². The van der Waals surface area contributed by atoms with E-state index >= 15 is 0 Å². The number of nitrogens with zero attached hydrogens (tertiary/aromatic N) is 4. The van der Waals surface area contributed by atoms with Crippen molar-refractivity contribution >= 4 is 27.7 Å². The molecule has 2 aromatic heterocycles. The predicted molar refractivity (Wildman–Crippen MR) is 82.6 cm³/mol. The number of rotatable bonds is 3. The first-order chi connectivity index (χ1) is 11.1. The van der Waals surface area contributed by atoms with Gasteiger partial charge >= 0.3 is 0 Å². The predicted octanol–water partition coefficient (Wildman–Crippen LogP) is 0.828. The molecule has 0 unspecified atom stereocenters. The lowest BCUT2D eigenvalue weighted by molar-refractivity contribution is 0.0844. The molecule has 2 amide bonds. The maximum Gasteiger partial charge on any atom is 0.286 e. The van der Waals surface area contributed by atoms with E-state index in [0.29, 0.717) is 16.9 Å². The standard InChI is InChI=1S/C13H10BrN7O2/c14-9-5-11(15-6-9)13(23)18-17-12(22)8-2-1-3-10(4-8)21-7-16-19-20-21/h1-7,15H,(H,17,22)(H,18,23). The molecule has 9 nitrogen and oxygen atoms in total. The monoisotopic (exact) mass is 375 g/mol. The van der Waals surface area contributed by atoms with Gasteiger partial charge in [0.05, 0.1) is 5.69 Å². The van der Waals surface area contributed by atoms with E-state index in [-0.39, 0.29) is 0 Å². The highest BCUT2D eigenvalue weighted by Crippen LogP contribution is 2.10. The highest BCUT2D eigenvalue weighted by atomic mass is 79.9. The number of hydrogen-bond acceptors (Lipinski definition) is 5. The fraction of sp³-hybridized carbons (Fsp3) is 0. The van der Waals surface area contributed by atoms with E-state index in [1.807, 2.05) is 0 Å². The molecule has 2 heterocycles. The minimum Gasteiger partial charge on any atom is -0.356 e. The molecule has 0 saturated heterocycles. The summed E-state index contributed by atoms with van der Waals surface area (Å²) < 4.78 is 2.16. The van der Waals surface area contributed by atoms with Crippen molar-refractivity contribution in [3.8, 4) is 5.69 Å². The molecule has 0 atom stereocenters. The highest BCUT2D eigenvalue weighted by Gasteiger charge is 2.11. The third-order valence-corrected chi connectivity index (χ3v) is 3.36. The summed E-state index contributed by atoms with van der Waals surface area (Å²) in [6, 6.07) is 8.25. The van der Waals surface area contributed by atoms with Gasteiger partial charge in [0.2, 0.25) is 0 Å². The molecule has 1 aromatic carbocycles. The summed E-state index contributed by atoms with van der Waals surface area (Å²) >= 11 is 3.23. The molecule has 0 radical (unpaired) electrons. The Morgan fingerprint density at radius 1 is 1.17 bits per heavy atom. The van der Waals surface area contributed by atoms with Crippen LogP contribution in [0.15, 0.2) is 47.3 Å². The molecule has 3 N–H and O–H groups in total. The van der Waals surface area contributed by atoms with Crippen LogP contribution in [-0.2, 0) is 0 Å². The normalized spacial score (nSPS) is 10.3. The van der Waals surface area contributed by atoms with Crippen molar-refractivity contribution in [3.63, 3.8) is 0 Å². The summed E-state index contributed by atoms with van der Waals surface area (Å²) in [7, 11) is 0. The van der Waals surface area contributed by atoms with Crippen molar-refractivity contribution < 1.29 is 9.59 Å². The van der Waals surface area contributed by atoms with E-state index in [1.165, 1.54) is 11.0 Å². The lowest BCUT2D eigenvalue weighted by atomic mass is 10.2. The molecule has 10 heteroatoms. The van der Waals surface area contributed by atoms with Gasteiger partial charge in [-0.2, -0.15) is 0 Å². The van der Waals surface area contributed by atoms with Gasteiger partial charge in [0.1, 0.15) is 12.0 Å². The number of aromatic nitrogens is 5. The number of carbonyl (C=O) groups is 2. The molecular formula is C13H10BrN7O2. The van der Waals surface area contributed by atoms with E-state index in [0.717, 1.165) is 4.47 Å². The van der Waals surface area contributed by atoms with Crippen molar-refractivity contribution in [2.75, 3.05) is 0 Å². The van der Waals surface area contributed by atoms with Gasteiger partial charge < -0.3 is 4.98 Å². The van der Waals surface area contributed by atoms with Crippen LogP contribution in [0.4, 0.5) is 0 Å². The average Bonchev–Trinajstić information content (AvgIpc) is 3.24. The van der Waals surface area contributed by atoms with Gasteiger partial charge in [-0.3, -0.25) is 20.4 Å². The summed E-state index contributed by atoms with van der Waals surface area (Å²) in [5.74, 6) is -0.917. The molecule has 23 heavy (non-hydrogen) atoms. The van der Waals surface area contributed by atoms with Gasteiger partial charge in [0, 0.05) is 16.2 Å². The Morgan fingerprint density at radius 3 is 2.70 bits per heavy atom. The van der Waals surface area contributed by atoms with Gasteiger partial charge in [0.15, 0.2) is 0 Å². The molecule has 116 valence electrons. The van der Waals surface area contributed by atoms with Gasteiger partial charge in [-0.05, 0) is 50.6 Å². The van der Waals surface area contributed by atoms with E-state index < -0.39 is 11.8 Å². The number of amides is 2. The SMILES string of the molecule is O=C(NNC(=O)c1cc(Br)c[nH]1)c1cccc(-n2cnnn2)c1. The van der Waals surface area contributed by atoms with Crippen LogP contribution >= 0.6 is 15.9 Å². The number of tetrazole rings is 1. The Kier molecular flexibility index (Phi) is 4.15. The number of H-pyrrole nitrogens is 1. The second-order valence-electron chi connectivity index (χ2n) is 4.44. The quantitative estimate of drug-likeness (QED) is 0.586. The highest BCUT2D eigenvalue weighted by molar-refractivity contribution is 9.10. The minimum absolute atomic E-state index is 0.319. The second kappa shape index (κ2) is 6.40. The summed E-state index contributed by atoms with van der Waals surface area (Å²) in [4.78, 5) is 26.7. The van der Waals surface area contributed by atoms with Gasteiger partial charge in [0.25, 0.3) is 11.8 Å². The molecule has 0 aliphatic heterocycles. The summed E-state index contributed by atoms with van der Waals surface area (Å²) in [5, 5.41) is 10.8. The number of hydrogen-bond donors (Lipinski definition) is 3. The van der Waals surface area contributed by atoms with Gasteiger partial charge in [-0.15, -0.1) is 5.10 Å². The minimum atomic E-state index is -0.459. The molecular weight excluding hydrogens is 366 g/mol. The molecule has 0 fully saturated rings. The molecule has 0 bridgehead atoms. The van der Waals surface area contributed by atoms with E-state index in [1.54, 1.807) is 36.5 Å². The number of nitrogens with one attached hydrogen (secondary N) is 3. The van der Waals surface area contributed by atoms with Crippen LogP contribution in [0.3, 0.4) is 0 Å². The third-order valence-electron chi connectivity index (χ3n) is 2.90. The summed E-state index contributed by atoms with van der Waals surface area (Å²) in [5.41, 5.74) is 5.97.